The van der Waals surface area contributed by atoms with E-state index in [0.717, 1.165) is 33.0 Å². The fourth-order valence-corrected chi connectivity index (χ4v) is 6.79. The summed E-state index contributed by atoms with van der Waals surface area (Å²) in [7, 11) is -3.63. The third kappa shape index (κ3) is 3.66. The smallest absolute Gasteiger partial charge is 0.243 e. The van der Waals surface area contributed by atoms with Gasteiger partial charge in [-0.2, -0.15) is 4.31 Å². The van der Waals surface area contributed by atoms with Crippen molar-refractivity contribution in [3.05, 3.63) is 53.5 Å². The first kappa shape index (κ1) is 20.3. The van der Waals surface area contributed by atoms with Crippen molar-refractivity contribution in [1.82, 2.24) is 9.29 Å². The molecule has 2 aliphatic heterocycles. The Morgan fingerprint density at radius 2 is 1.55 bits per heavy atom. The molecule has 2 aliphatic rings. The van der Waals surface area contributed by atoms with Crippen molar-refractivity contribution < 1.29 is 18.0 Å². The highest BCUT2D eigenvalue weighted by Gasteiger charge is 2.33. The number of rotatable bonds is 4. The molecule has 2 fully saturated rings. The van der Waals surface area contributed by atoms with Crippen LogP contribution in [0, 0.1) is 0 Å². The number of para-hydroxylation sites is 1. The third-order valence-electron chi connectivity index (χ3n) is 5.90. The number of fused-ring (bicyclic) bond motifs is 1. The minimum Gasteiger partial charge on any atom is -0.274 e. The molecule has 9 heteroatoms. The van der Waals surface area contributed by atoms with Gasteiger partial charge in [0.2, 0.25) is 21.8 Å². The zero-order chi connectivity index (χ0) is 21.6. The van der Waals surface area contributed by atoms with Crippen LogP contribution in [0.15, 0.2) is 53.4 Å². The van der Waals surface area contributed by atoms with Crippen LogP contribution in [-0.4, -0.2) is 42.6 Å². The molecule has 3 heterocycles. The van der Waals surface area contributed by atoms with Crippen molar-refractivity contribution in [3.63, 3.8) is 0 Å². The minimum absolute atomic E-state index is 0.175. The van der Waals surface area contributed by atoms with Gasteiger partial charge in [-0.1, -0.05) is 12.1 Å². The van der Waals surface area contributed by atoms with Crippen LogP contribution < -0.4 is 4.90 Å². The van der Waals surface area contributed by atoms with Gasteiger partial charge in [0.05, 0.1) is 25.8 Å². The molecule has 31 heavy (non-hydrogen) atoms. The molecule has 2 aromatic carbocycles. The number of hydrogen-bond acceptors (Lipinski definition) is 6. The lowest BCUT2D eigenvalue weighted by atomic mass is 9.99. The molecule has 0 bridgehead atoms. The quantitative estimate of drug-likeness (QED) is 0.562. The predicted octanol–water partition coefficient (Wildman–Crippen LogP) is 3.52. The van der Waals surface area contributed by atoms with Gasteiger partial charge in [-0.15, -0.1) is 11.3 Å². The molecule has 2 amide bonds. The van der Waals surface area contributed by atoms with E-state index in [0.29, 0.717) is 18.8 Å². The summed E-state index contributed by atoms with van der Waals surface area (Å²) in [6.07, 6.45) is 1.85. The maximum Gasteiger partial charge on any atom is 0.243 e. The monoisotopic (exact) mass is 455 g/mol. The highest BCUT2D eigenvalue weighted by Crippen LogP contribution is 2.35. The maximum absolute atomic E-state index is 13.1. The molecule has 3 aromatic rings. The van der Waals surface area contributed by atoms with Gasteiger partial charge in [0.15, 0.2) is 0 Å². The Labute approximate surface area is 184 Å². The lowest BCUT2D eigenvalue weighted by Crippen LogP contribution is -2.37. The van der Waals surface area contributed by atoms with Crippen molar-refractivity contribution in [1.29, 1.82) is 0 Å². The molecule has 0 saturated carbocycles. The minimum atomic E-state index is -3.63. The van der Waals surface area contributed by atoms with E-state index in [2.05, 4.69) is 6.07 Å². The van der Waals surface area contributed by atoms with Crippen molar-refractivity contribution >= 4 is 49.1 Å². The van der Waals surface area contributed by atoms with Gasteiger partial charge in [0, 0.05) is 31.8 Å². The first-order chi connectivity index (χ1) is 14.9. The van der Waals surface area contributed by atoms with Gasteiger partial charge in [0.1, 0.15) is 0 Å². The standard InChI is InChI=1S/C22H21N3O4S2/c26-20-9-10-21(27)25(20)16-5-7-17(8-6-16)31(28,29)24-13-11-15(12-14-24)22-23-18-3-1-2-4-19(18)30-22/h1-8,15H,9-14H2. The van der Waals surface area contributed by atoms with Crippen LogP contribution in [0.25, 0.3) is 10.2 Å². The Kier molecular flexibility index (Phi) is 5.11. The van der Waals surface area contributed by atoms with E-state index < -0.39 is 10.0 Å². The van der Waals surface area contributed by atoms with Crippen LogP contribution in [0.5, 0.6) is 0 Å². The summed E-state index contributed by atoms with van der Waals surface area (Å²) in [5.74, 6) is -0.242. The second-order valence-corrected chi connectivity index (χ2v) is 10.8. The zero-order valence-corrected chi connectivity index (χ0v) is 18.4. The normalized spacial score (nSPS) is 18.9. The van der Waals surface area contributed by atoms with Gasteiger partial charge < -0.3 is 0 Å². The Morgan fingerprint density at radius 1 is 0.903 bits per heavy atom. The summed E-state index contributed by atoms with van der Waals surface area (Å²) in [5, 5.41) is 1.07. The van der Waals surface area contributed by atoms with Crippen molar-refractivity contribution in [2.75, 3.05) is 18.0 Å². The van der Waals surface area contributed by atoms with Gasteiger partial charge in [0.25, 0.3) is 0 Å². The molecule has 0 atom stereocenters. The average molecular weight is 456 g/mol. The van der Waals surface area contributed by atoms with Gasteiger partial charge in [-0.05, 0) is 49.2 Å². The molecule has 1 aromatic heterocycles. The second-order valence-electron chi connectivity index (χ2n) is 7.81. The van der Waals surface area contributed by atoms with E-state index in [-0.39, 0.29) is 35.5 Å². The number of piperidine rings is 1. The lowest BCUT2D eigenvalue weighted by Gasteiger charge is -2.30. The Hall–Kier alpha value is -2.62. The number of sulfonamides is 1. The maximum atomic E-state index is 13.1. The van der Waals surface area contributed by atoms with Crippen molar-refractivity contribution in [3.8, 4) is 0 Å². The van der Waals surface area contributed by atoms with Crippen LogP contribution in [0.1, 0.15) is 36.6 Å². The number of imide groups is 1. The summed E-state index contributed by atoms with van der Waals surface area (Å²) in [5.41, 5.74) is 1.41. The number of amides is 2. The Morgan fingerprint density at radius 3 is 2.19 bits per heavy atom. The molecule has 5 rings (SSSR count). The number of carbonyl (C=O) groups is 2. The molecule has 0 N–H and O–H groups in total. The van der Waals surface area contributed by atoms with Crippen LogP contribution in [0.2, 0.25) is 0 Å². The molecule has 0 aliphatic carbocycles. The molecule has 2 saturated heterocycles. The molecule has 160 valence electrons. The van der Waals surface area contributed by atoms with Crippen molar-refractivity contribution in [2.24, 2.45) is 0 Å². The molecule has 0 radical (unpaired) electrons. The van der Waals surface area contributed by atoms with E-state index in [9.17, 15) is 18.0 Å². The van der Waals surface area contributed by atoms with E-state index in [1.807, 2.05) is 18.2 Å². The molecule has 0 unspecified atom stereocenters. The fraction of sp³-hybridized carbons (Fsp3) is 0.318. The Bertz CT molecular complexity index is 1210. The largest absolute Gasteiger partial charge is 0.274 e. The first-order valence-electron chi connectivity index (χ1n) is 10.2. The molecular formula is C22H21N3O4S2. The topological polar surface area (TPSA) is 87.7 Å². The number of carbonyl (C=O) groups excluding carboxylic acids is 2. The predicted molar refractivity (Wildman–Crippen MR) is 119 cm³/mol. The highest BCUT2D eigenvalue weighted by molar-refractivity contribution is 7.89. The van der Waals surface area contributed by atoms with Gasteiger partial charge in [-0.25, -0.2) is 13.4 Å². The summed E-state index contributed by atoms with van der Waals surface area (Å²) in [6, 6.07) is 14.0. The number of benzene rings is 2. The first-order valence-corrected chi connectivity index (χ1v) is 12.5. The number of anilines is 1. The average Bonchev–Trinajstić information content (AvgIpc) is 3.37. The molecular weight excluding hydrogens is 434 g/mol. The van der Waals surface area contributed by atoms with Crippen molar-refractivity contribution in [2.45, 2.75) is 36.5 Å². The Balaban J connectivity index is 1.29. The van der Waals surface area contributed by atoms with Crippen LogP contribution in [0.3, 0.4) is 0 Å². The molecule has 0 spiro atoms. The van der Waals surface area contributed by atoms with E-state index in [1.54, 1.807) is 11.3 Å². The van der Waals surface area contributed by atoms with E-state index in [4.69, 9.17) is 4.98 Å². The highest BCUT2D eigenvalue weighted by atomic mass is 32.2. The van der Waals surface area contributed by atoms with Gasteiger partial charge in [-0.3, -0.25) is 14.5 Å². The summed E-state index contributed by atoms with van der Waals surface area (Å²) in [6.45, 7) is 0.877. The van der Waals surface area contributed by atoms with Crippen LogP contribution >= 0.6 is 11.3 Å². The molecule has 7 nitrogen and oxygen atoms in total. The number of aromatic nitrogens is 1. The second kappa shape index (κ2) is 7.81. The van der Waals surface area contributed by atoms with Crippen LogP contribution in [-0.2, 0) is 19.6 Å². The fourth-order valence-electron chi connectivity index (χ4n) is 4.19. The third-order valence-corrected chi connectivity index (χ3v) is 9.01. The SMILES string of the molecule is O=C1CCC(=O)N1c1ccc(S(=O)(=O)N2CCC(c3nc4ccccc4s3)CC2)cc1. The zero-order valence-electron chi connectivity index (χ0n) is 16.7. The van der Waals surface area contributed by atoms with E-state index >= 15 is 0 Å². The lowest BCUT2D eigenvalue weighted by molar-refractivity contribution is -0.121. The van der Waals surface area contributed by atoms with Crippen LogP contribution in [0.4, 0.5) is 5.69 Å². The summed E-state index contributed by atoms with van der Waals surface area (Å²) < 4.78 is 28.9. The summed E-state index contributed by atoms with van der Waals surface area (Å²) >= 11 is 1.68. The number of thiazole rings is 1. The van der Waals surface area contributed by atoms with Gasteiger partial charge >= 0.3 is 0 Å². The van der Waals surface area contributed by atoms with E-state index in [1.165, 1.54) is 28.6 Å². The summed E-state index contributed by atoms with van der Waals surface area (Å²) in [4.78, 5) is 29.8. The number of nitrogens with zero attached hydrogens (tertiary/aromatic N) is 3. The number of hydrogen-bond donors (Lipinski definition) is 0.